The Morgan fingerprint density at radius 2 is 1.70 bits per heavy atom. The summed E-state index contributed by atoms with van der Waals surface area (Å²) in [5.74, 6) is 1.64. The SMILES string of the molecule is C/C=C/c1cc(CN2CCN(c3ccc(OC)cc3)CC2)c(O)c(OC)c1. The van der Waals surface area contributed by atoms with E-state index in [1.807, 2.05) is 43.3 Å². The number of benzene rings is 2. The lowest BCUT2D eigenvalue weighted by atomic mass is 10.1. The van der Waals surface area contributed by atoms with Gasteiger partial charge in [-0.2, -0.15) is 0 Å². The Bertz CT molecular complexity index is 779. The van der Waals surface area contributed by atoms with E-state index < -0.39 is 0 Å². The van der Waals surface area contributed by atoms with Gasteiger partial charge in [0.1, 0.15) is 5.75 Å². The Kier molecular flexibility index (Phi) is 6.24. The van der Waals surface area contributed by atoms with Gasteiger partial charge in [-0.1, -0.05) is 12.2 Å². The van der Waals surface area contributed by atoms with E-state index in [9.17, 15) is 5.11 Å². The van der Waals surface area contributed by atoms with Gasteiger partial charge >= 0.3 is 0 Å². The summed E-state index contributed by atoms with van der Waals surface area (Å²) in [6, 6.07) is 12.1. The lowest BCUT2D eigenvalue weighted by Crippen LogP contribution is -2.45. The molecule has 0 unspecified atom stereocenters. The molecule has 1 aliphatic heterocycles. The molecule has 3 rings (SSSR count). The predicted molar refractivity (Wildman–Crippen MR) is 110 cm³/mol. The minimum Gasteiger partial charge on any atom is -0.504 e. The zero-order valence-corrected chi connectivity index (χ0v) is 16.3. The van der Waals surface area contributed by atoms with Gasteiger partial charge in [0.15, 0.2) is 11.5 Å². The first kappa shape index (κ1) is 19.1. The number of phenolic OH excluding ortho intramolecular Hbond substituents is 1. The molecule has 1 N–H and O–H groups in total. The highest BCUT2D eigenvalue weighted by molar-refractivity contribution is 5.58. The van der Waals surface area contributed by atoms with Crippen molar-refractivity contribution in [2.75, 3.05) is 45.3 Å². The predicted octanol–water partition coefficient (Wildman–Crippen LogP) is 3.76. The summed E-state index contributed by atoms with van der Waals surface area (Å²) in [5.41, 5.74) is 3.16. The molecule has 1 aliphatic rings. The largest absolute Gasteiger partial charge is 0.504 e. The summed E-state index contributed by atoms with van der Waals surface area (Å²) in [4.78, 5) is 4.75. The Morgan fingerprint density at radius 3 is 2.30 bits per heavy atom. The van der Waals surface area contributed by atoms with Crippen LogP contribution in [0, 0.1) is 0 Å². The number of hydrogen-bond donors (Lipinski definition) is 1. The second-order valence-electron chi connectivity index (χ2n) is 6.69. The standard InChI is InChI=1S/C22H28N2O3/c1-4-5-17-14-18(22(25)21(15-17)27-3)16-23-10-12-24(13-11-23)19-6-8-20(26-2)9-7-19/h4-9,14-15,25H,10-13,16H2,1-3H3/b5-4+. The van der Waals surface area contributed by atoms with Gasteiger partial charge in [-0.3, -0.25) is 4.90 Å². The fraction of sp³-hybridized carbons (Fsp3) is 0.364. The minimum atomic E-state index is 0.239. The average Bonchev–Trinajstić information content (AvgIpc) is 2.71. The Balaban J connectivity index is 1.65. The molecule has 0 aliphatic carbocycles. The van der Waals surface area contributed by atoms with Crippen molar-refractivity contribution in [2.24, 2.45) is 0 Å². The smallest absolute Gasteiger partial charge is 0.162 e. The maximum absolute atomic E-state index is 10.5. The molecule has 1 heterocycles. The van der Waals surface area contributed by atoms with Crippen LogP contribution >= 0.6 is 0 Å². The molecule has 0 amide bonds. The maximum Gasteiger partial charge on any atom is 0.162 e. The van der Waals surface area contributed by atoms with Crippen molar-refractivity contribution >= 4 is 11.8 Å². The number of ether oxygens (including phenoxy) is 2. The van der Waals surface area contributed by atoms with E-state index in [0.29, 0.717) is 12.3 Å². The molecular formula is C22H28N2O3. The zero-order valence-electron chi connectivity index (χ0n) is 16.3. The molecule has 0 aromatic heterocycles. The first-order chi connectivity index (χ1) is 13.1. The third-order valence-electron chi connectivity index (χ3n) is 4.96. The Hall–Kier alpha value is -2.66. The molecule has 0 radical (unpaired) electrons. The van der Waals surface area contributed by atoms with Crippen LogP contribution in [0.15, 0.2) is 42.5 Å². The normalized spacial score (nSPS) is 15.3. The molecule has 0 spiro atoms. The number of aromatic hydroxyl groups is 1. The molecule has 2 aromatic rings. The molecule has 144 valence electrons. The number of nitrogens with zero attached hydrogens (tertiary/aromatic N) is 2. The summed E-state index contributed by atoms with van der Waals surface area (Å²) in [6.45, 7) is 6.50. The van der Waals surface area contributed by atoms with Crippen LogP contribution in [-0.4, -0.2) is 50.4 Å². The molecule has 1 saturated heterocycles. The summed E-state index contributed by atoms with van der Waals surface area (Å²) >= 11 is 0. The van der Waals surface area contributed by atoms with Crippen molar-refractivity contribution in [1.82, 2.24) is 4.90 Å². The molecule has 2 aromatic carbocycles. The van der Waals surface area contributed by atoms with Crippen molar-refractivity contribution in [1.29, 1.82) is 0 Å². The first-order valence-electron chi connectivity index (χ1n) is 9.28. The van der Waals surface area contributed by atoms with Gasteiger partial charge in [0.25, 0.3) is 0 Å². The third kappa shape index (κ3) is 4.55. The topological polar surface area (TPSA) is 45.2 Å². The Morgan fingerprint density at radius 1 is 1.00 bits per heavy atom. The van der Waals surface area contributed by atoms with Crippen molar-refractivity contribution < 1.29 is 14.6 Å². The van der Waals surface area contributed by atoms with Crippen LogP contribution in [0.5, 0.6) is 17.2 Å². The molecule has 0 bridgehead atoms. The fourth-order valence-electron chi connectivity index (χ4n) is 3.45. The zero-order chi connectivity index (χ0) is 19.2. The van der Waals surface area contributed by atoms with Gasteiger partial charge in [-0.05, 0) is 48.9 Å². The number of hydrogen-bond acceptors (Lipinski definition) is 5. The number of piperazine rings is 1. The van der Waals surface area contributed by atoms with Crippen LogP contribution in [-0.2, 0) is 6.54 Å². The van der Waals surface area contributed by atoms with Crippen molar-refractivity contribution in [3.05, 3.63) is 53.6 Å². The molecule has 5 heteroatoms. The van der Waals surface area contributed by atoms with Gasteiger partial charge in [0.05, 0.1) is 14.2 Å². The highest BCUT2D eigenvalue weighted by Gasteiger charge is 2.19. The van der Waals surface area contributed by atoms with Crippen molar-refractivity contribution in [3.63, 3.8) is 0 Å². The van der Waals surface area contributed by atoms with E-state index in [4.69, 9.17) is 9.47 Å². The quantitative estimate of drug-likeness (QED) is 0.841. The highest BCUT2D eigenvalue weighted by Crippen LogP contribution is 2.33. The lowest BCUT2D eigenvalue weighted by Gasteiger charge is -2.36. The van der Waals surface area contributed by atoms with E-state index in [1.165, 1.54) is 5.69 Å². The van der Waals surface area contributed by atoms with Crippen molar-refractivity contribution in [2.45, 2.75) is 13.5 Å². The number of methoxy groups -OCH3 is 2. The second-order valence-corrected chi connectivity index (χ2v) is 6.69. The van der Waals surface area contributed by atoms with Crippen molar-refractivity contribution in [3.8, 4) is 17.2 Å². The monoisotopic (exact) mass is 368 g/mol. The lowest BCUT2D eigenvalue weighted by molar-refractivity contribution is 0.245. The fourth-order valence-corrected chi connectivity index (χ4v) is 3.45. The van der Waals surface area contributed by atoms with Crippen LogP contribution in [0.4, 0.5) is 5.69 Å². The molecule has 1 fully saturated rings. The molecule has 27 heavy (non-hydrogen) atoms. The van der Waals surface area contributed by atoms with Gasteiger partial charge in [-0.25, -0.2) is 0 Å². The highest BCUT2D eigenvalue weighted by atomic mass is 16.5. The van der Waals surface area contributed by atoms with Gasteiger partial charge in [0, 0.05) is 44.0 Å². The second kappa shape index (κ2) is 8.82. The van der Waals surface area contributed by atoms with Crippen LogP contribution in [0.3, 0.4) is 0 Å². The van der Waals surface area contributed by atoms with E-state index in [0.717, 1.165) is 43.1 Å². The summed E-state index contributed by atoms with van der Waals surface area (Å²) < 4.78 is 10.6. The molecule has 5 nitrogen and oxygen atoms in total. The summed E-state index contributed by atoms with van der Waals surface area (Å²) in [6.07, 6.45) is 4.01. The van der Waals surface area contributed by atoms with E-state index in [2.05, 4.69) is 21.9 Å². The number of rotatable bonds is 6. The number of allylic oxidation sites excluding steroid dienone is 1. The minimum absolute atomic E-state index is 0.239. The molecule has 0 atom stereocenters. The number of anilines is 1. The summed E-state index contributed by atoms with van der Waals surface area (Å²) in [5, 5.41) is 10.5. The van der Waals surface area contributed by atoms with Gasteiger partial charge in [-0.15, -0.1) is 0 Å². The van der Waals surface area contributed by atoms with Gasteiger partial charge < -0.3 is 19.5 Å². The van der Waals surface area contributed by atoms with E-state index >= 15 is 0 Å². The van der Waals surface area contributed by atoms with Crippen LogP contribution < -0.4 is 14.4 Å². The van der Waals surface area contributed by atoms with Crippen LogP contribution in [0.25, 0.3) is 6.08 Å². The molecule has 0 saturated carbocycles. The maximum atomic E-state index is 10.5. The van der Waals surface area contributed by atoms with E-state index in [1.54, 1.807) is 14.2 Å². The molecular weight excluding hydrogens is 340 g/mol. The number of phenols is 1. The average molecular weight is 368 g/mol. The Labute approximate surface area is 161 Å². The van der Waals surface area contributed by atoms with Gasteiger partial charge in [0.2, 0.25) is 0 Å². The first-order valence-corrected chi connectivity index (χ1v) is 9.28. The third-order valence-corrected chi connectivity index (χ3v) is 4.96. The van der Waals surface area contributed by atoms with E-state index in [-0.39, 0.29) is 5.75 Å². The van der Waals surface area contributed by atoms with Crippen LogP contribution in [0.2, 0.25) is 0 Å². The van der Waals surface area contributed by atoms with Crippen LogP contribution in [0.1, 0.15) is 18.1 Å². The summed E-state index contributed by atoms with van der Waals surface area (Å²) in [7, 11) is 3.27.